The van der Waals surface area contributed by atoms with E-state index in [4.69, 9.17) is 11.6 Å². The Morgan fingerprint density at radius 1 is 1.04 bits per heavy atom. The van der Waals surface area contributed by atoms with E-state index in [1.807, 2.05) is 0 Å². The summed E-state index contributed by atoms with van der Waals surface area (Å²) in [7, 11) is -3.29. The molecule has 0 heterocycles. The van der Waals surface area contributed by atoms with E-state index in [0.29, 0.717) is 5.69 Å². The van der Waals surface area contributed by atoms with Gasteiger partial charge in [-0.05, 0) is 30.7 Å². The van der Waals surface area contributed by atoms with E-state index >= 15 is 0 Å². The average Bonchev–Trinajstić information content (AvgIpc) is 2.58. The molecule has 26 heavy (non-hydrogen) atoms. The van der Waals surface area contributed by atoms with Gasteiger partial charge in [-0.15, -0.1) is 0 Å². The minimum Gasteiger partial charge on any atom is -0.340 e. The van der Waals surface area contributed by atoms with E-state index in [1.165, 1.54) is 6.07 Å². The van der Waals surface area contributed by atoms with Crippen LogP contribution in [-0.4, -0.2) is 38.3 Å². The van der Waals surface area contributed by atoms with Crippen LogP contribution in [0.4, 0.5) is 5.69 Å². The minimum absolute atomic E-state index is 0.0479. The first kappa shape index (κ1) is 19.9. The van der Waals surface area contributed by atoms with Gasteiger partial charge in [0.15, 0.2) is 0 Å². The zero-order chi connectivity index (χ0) is 19.2. The van der Waals surface area contributed by atoms with E-state index in [-0.39, 0.29) is 22.8 Å². The fraction of sp³-hybridized carbons (Fsp3) is 0.222. The lowest BCUT2D eigenvalue weighted by atomic mass is 10.1. The lowest BCUT2D eigenvalue weighted by Gasteiger charge is -2.18. The Hall–Kier alpha value is -2.38. The van der Waals surface area contributed by atoms with Gasteiger partial charge in [0.2, 0.25) is 5.91 Å². The third kappa shape index (κ3) is 6.16. The minimum atomic E-state index is -3.29. The second-order valence-corrected chi connectivity index (χ2v) is 8.45. The number of para-hydroxylation sites is 1. The fourth-order valence-corrected chi connectivity index (χ4v) is 3.12. The molecule has 0 saturated heterocycles. The topological polar surface area (TPSA) is 92.3 Å². The Morgan fingerprint density at radius 3 is 2.27 bits per heavy atom. The van der Waals surface area contributed by atoms with Crippen molar-refractivity contribution in [1.82, 2.24) is 5.32 Å². The summed E-state index contributed by atoms with van der Waals surface area (Å²) in [6, 6.07) is 14.1. The lowest BCUT2D eigenvalue weighted by molar-refractivity contribution is -0.118. The van der Waals surface area contributed by atoms with E-state index in [0.717, 1.165) is 6.26 Å². The standard InChI is InChI=1S/C18H19ClN2O4S/c1-26(24,25)12-11-16(18(23)20-13-7-3-2-4-8-13)21-17(22)14-9-5-6-10-15(14)19/h2-10,16H,11-12H2,1H3,(H,20,23)(H,21,22)/t16-/m0/s1. The van der Waals surface area contributed by atoms with Crippen molar-refractivity contribution in [3.05, 3.63) is 65.2 Å². The molecule has 138 valence electrons. The number of amides is 2. The smallest absolute Gasteiger partial charge is 0.253 e. The molecular formula is C18H19ClN2O4S. The van der Waals surface area contributed by atoms with Gasteiger partial charge in [-0.2, -0.15) is 0 Å². The van der Waals surface area contributed by atoms with E-state index in [1.54, 1.807) is 48.5 Å². The molecule has 6 nitrogen and oxygen atoms in total. The predicted molar refractivity (Wildman–Crippen MR) is 102 cm³/mol. The van der Waals surface area contributed by atoms with Crippen molar-refractivity contribution in [2.45, 2.75) is 12.5 Å². The zero-order valence-corrected chi connectivity index (χ0v) is 15.7. The Balaban J connectivity index is 2.16. The van der Waals surface area contributed by atoms with Crippen LogP contribution in [0.1, 0.15) is 16.8 Å². The Morgan fingerprint density at radius 2 is 1.65 bits per heavy atom. The second-order valence-electron chi connectivity index (χ2n) is 5.78. The molecule has 0 saturated carbocycles. The zero-order valence-electron chi connectivity index (χ0n) is 14.1. The summed E-state index contributed by atoms with van der Waals surface area (Å²) < 4.78 is 22.9. The maximum absolute atomic E-state index is 12.5. The molecule has 0 fully saturated rings. The van der Waals surface area contributed by atoms with Crippen molar-refractivity contribution in [3.8, 4) is 0 Å². The number of carbonyl (C=O) groups is 2. The molecule has 0 aliphatic rings. The van der Waals surface area contributed by atoms with Crippen molar-refractivity contribution in [1.29, 1.82) is 0 Å². The third-order valence-corrected chi connectivity index (χ3v) is 4.87. The number of hydrogen-bond donors (Lipinski definition) is 2. The number of carbonyl (C=O) groups excluding carboxylic acids is 2. The number of anilines is 1. The summed E-state index contributed by atoms with van der Waals surface area (Å²) in [6.07, 6.45) is 1.03. The molecule has 0 aliphatic carbocycles. The Kier molecular flexibility index (Phi) is 6.76. The monoisotopic (exact) mass is 394 g/mol. The average molecular weight is 395 g/mol. The van der Waals surface area contributed by atoms with Gasteiger partial charge in [0, 0.05) is 11.9 Å². The maximum atomic E-state index is 12.5. The molecule has 0 aliphatic heterocycles. The molecular weight excluding hydrogens is 376 g/mol. The molecule has 2 aromatic rings. The molecule has 2 aromatic carbocycles. The fourth-order valence-electron chi connectivity index (χ4n) is 2.23. The lowest BCUT2D eigenvalue weighted by Crippen LogP contribution is -2.44. The normalized spacial score (nSPS) is 12.2. The third-order valence-electron chi connectivity index (χ3n) is 3.56. The molecule has 0 spiro atoms. The van der Waals surface area contributed by atoms with Crippen LogP contribution in [0.25, 0.3) is 0 Å². The van der Waals surface area contributed by atoms with Gasteiger partial charge in [0.25, 0.3) is 5.91 Å². The highest BCUT2D eigenvalue weighted by Gasteiger charge is 2.24. The van der Waals surface area contributed by atoms with Gasteiger partial charge < -0.3 is 10.6 Å². The first-order chi connectivity index (χ1) is 12.3. The molecule has 8 heteroatoms. The van der Waals surface area contributed by atoms with Crippen molar-refractivity contribution in [2.75, 3.05) is 17.3 Å². The summed E-state index contributed by atoms with van der Waals surface area (Å²) in [5, 5.41) is 5.48. The van der Waals surface area contributed by atoms with Crippen LogP contribution < -0.4 is 10.6 Å². The van der Waals surface area contributed by atoms with Crippen LogP contribution in [0.2, 0.25) is 5.02 Å². The van der Waals surface area contributed by atoms with Gasteiger partial charge >= 0.3 is 0 Å². The van der Waals surface area contributed by atoms with Gasteiger partial charge in [-0.3, -0.25) is 9.59 Å². The first-order valence-electron chi connectivity index (χ1n) is 7.85. The van der Waals surface area contributed by atoms with Crippen molar-refractivity contribution >= 4 is 38.9 Å². The second kappa shape index (κ2) is 8.82. The van der Waals surface area contributed by atoms with Crippen molar-refractivity contribution in [3.63, 3.8) is 0 Å². The van der Waals surface area contributed by atoms with E-state index in [2.05, 4.69) is 10.6 Å². The number of hydrogen-bond acceptors (Lipinski definition) is 4. The number of halogens is 1. The predicted octanol–water partition coefficient (Wildman–Crippen LogP) is 2.51. The van der Waals surface area contributed by atoms with Crippen LogP contribution in [0.3, 0.4) is 0 Å². The van der Waals surface area contributed by atoms with Gasteiger partial charge in [-0.1, -0.05) is 41.9 Å². The molecule has 0 radical (unpaired) electrons. The summed E-state index contributed by atoms with van der Waals surface area (Å²) in [5.74, 6) is -1.28. The highest BCUT2D eigenvalue weighted by Crippen LogP contribution is 2.15. The summed E-state index contributed by atoms with van der Waals surface area (Å²) in [5.41, 5.74) is 0.764. The highest BCUT2D eigenvalue weighted by atomic mass is 35.5. The van der Waals surface area contributed by atoms with Gasteiger partial charge in [-0.25, -0.2) is 8.42 Å². The van der Waals surface area contributed by atoms with Crippen LogP contribution in [0.5, 0.6) is 0 Å². The molecule has 0 bridgehead atoms. The van der Waals surface area contributed by atoms with Gasteiger partial charge in [0.1, 0.15) is 15.9 Å². The SMILES string of the molecule is CS(=O)(=O)CC[C@H](NC(=O)c1ccccc1Cl)C(=O)Nc1ccccc1. The molecule has 1 atom stereocenters. The molecule has 2 N–H and O–H groups in total. The van der Waals surface area contributed by atoms with Crippen LogP contribution in [-0.2, 0) is 14.6 Å². The quantitative estimate of drug-likeness (QED) is 0.754. The summed E-state index contributed by atoms with van der Waals surface area (Å²) >= 11 is 6.00. The molecule has 0 unspecified atom stereocenters. The highest BCUT2D eigenvalue weighted by molar-refractivity contribution is 7.90. The molecule has 2 rings (SSSR count). The van der Waals surface area contributed by atoms with Crippen LogP contribution in [0, 0.1) is 0 Å². The summed E-state index contributed by atoms with van der Waals surface area (Å²) in [6.45, 7) is 0. The molecule has 0 aromatic heterocycles. The number of benzene rings is 2. The largest absolute Gasteiger partial charge is 0.340 e. The number of nitrogens with one attached hydrogen (secondary N) is 2. The number of rotatable bonds is 7. The Bertz CT molecular complexity index is 885. The Labute approximate surface area is 157 Å². The van der Waals surface area contributed by atoms with E-state index in [9.17, 15) is 18.0 Å². The number of sulfone groups is 1. The van der Waals surface area contributed by atoms with Crippen LogP contribution >= 0.6 is 11.6 Å². The van der Waals surface area contributed by atoms with Gasteiger partial charge in [0.05, 0.1) is 16.3 Å². The molecule has 2 amide bonds. The first-order valence-corrected chi connectivity index (χ1v) is 10.3. The van der Waals surface area contributed by atoms with Crippen molar-refractivity contribution in [2.24, 2.45) is 0 Å². The van der Waals surface area contributed by atoms with Crippen molar-refractivity contribution < 1.29 is 18.0 Å². The summed E-state index contributed by atoms with van der Waals surface area (Å²) in [4.78, 5) is 25.0. The van der Waals surface area contributed by atoms with Crippen LogP contribution in [0.15, 0.2) is 54.6 Å². The van der Waals surface area contributed by atoms with E-state index < -0.39 is 27.7 Å². The maximum Gasteiger partial charge on any atom is 0.253 e.